The minimum absolute atomic E-state index is 0.0375. The molecule has 0 fully saturated rings. The van der Waals surface area contributed by atoms with Gasteiger partial charge >= 0.3 is 5.97 Å². The van der Waals surface area contributed by atoms with Gasteiger partial charge in [-0.25, -0.2) is 0 Å². The molecular weight excluding hydrogens is 300 g/mol. The highest BCUT2D eigenvalue weighted by Gasteiger charge is 2.40. The molecule has 1 aromatic carbocycles. The molecule has 0 spiro atoms. The number of rotatable bonds is 1. The lowest BCUT2D eigenvalue weighted by atomic mass is 9.90. The van der Waals surface area contributed by atoms with Crippen molar-refractivity contribution in [3.05, 3.63) is 59.3 Å². The highest BCUT2D eigenvalue weighted by Crippen LogP contribution is 2.37. The van der Waals surface area contributed by atoms with E-state index in [1.54, 1.807) is 0 Å². The molecule has 0 bridgehead atoms. The maximum absolute atomic E-state index is 12.6. The van der Waals surface area contributed by atoms with Crippen molar-refractivity contribution in [2.45, 2.75) is 25.3 Å². The van der Waals surface area contributed by atoms with E-state index in [0.29, 0.717) is 0 Å². The van der Waals surface area contributed by atoms with Gasteiger partial charge in [-0.2, -0.15) is 0 Å². The average molecular weight is 322 g/mol. The van der Waals surface area contributed by atoms with Crippen LogP contribution in [0.1, 0.15) is 24.1 Å². The summed E-state index contributed by atoms with van der Waals surface area (Å²) in [5.41, 5.74) is 4.67. The number of methoxy groups -OCH3 is 1. The second-order valence-corrected chi connectivity index (χ2v) is 6.50. The molecule has 124 valence electrons. The highest BCUT2D eigenvalue weighted by atomic mass is 16.5. The van der Waals surface area contributed by atoms with Gasteiger partial charge in [0.15, 0.2) is 0 Å². The standard InChI is InChI=1S/C20H22N2O2/c1-3-13-8-9-17-18(20(23)24-2)19-15(10-11-22(17)12-13)14-6-4-5-7-16(14)21-19/h3-9,17-18,21H,10-12H2,1-2H3/b13-3+. The van der Waals surface area contributed by atoms with E-state index in [4.69, 9.17) is 4.74 Å². The van der Waals surface area contributed by atoms with E-state index in [1.807, 2.05) is 6.07 Å². The number of allylic oxidation sites excluding steroid dienone is 1. The molecule has 2 unspecified atom stereocenters. The third kappa shape index (κ3) is 2.29. The Morgan fingerprint density at radius 1 is 1.38 bits per heavy atom. The molecule has 2 aliphatic rings. The normalized spacial score (nSPS) is 25.3. The SMILES string of the molecule is C/C=C1\C=CC2C(C(=O)OC)c3[nH]c4ccccc4c3CCN2C1. The van der Waals surface area contributed by atoms with Gasteiger partial charge in [-0.1, -0.05) is 36.4 Å². The summed E-state index contributed by atoms with van der Waals surface area (Å²) in [6, 6.07) is 8.33. The third-order valence-corrected chi connectivity index (χ3v) is 5.29. The van der Waals surface area contributed by atoms with Crippen molar-refractivity contribution in [3.63, 3.8) is 0 Å². The van der Waals surface area contributed by atoms with E-state index in [9.17, 15) is 4.79 Å². The number of hydrogen-bond donors (Lipinski definition) is 1. The molecule has 0 saturated heterocycles. The summed E-state index contributed by atoms with van der Waals surface area (Å²) in [5.74, 6) is -0.483. The monoisotopic (exact) mass is 322 g/mol. The fourth-order valence-electron chi connectivity index (χ4n) is 4.04. The molecule has 2 atom stereocenters. The van der Waals surface area contributed by atoms with Gasteiger partial charge in [0.05, 0.1) is 7.11 Å². The van der Waals surface area contributed by atoms with Crippen LogP contribution in [-0.2, 0) is 16.0 Å². The van der Waals surface area contributed by atoms with E-state index >= 15 is 0 Å². The number of hydrogen-bond acceptors (Lipinski definition) is 3. The number of fused-ring (bicyclic) bond motifs is 4. The molecule has 3 heterocycles. The molecular formula is C20H22N2O2. The first-order valence-corrected chi connectivity index (χ1v) is 8.47. The van der Waals surface area contributed by atoms with Crippen LogP contribution in [-0.4, -0.2) is 42.1 Å². The Bertz CT molecular complexity index is 846. The summed E-state index contributed by atoms with van der Waals surface area (Å²) < 4.78 is 5.17. The molecule has 0 saturated carbocycles. The molecule has 0 amide bonds. The number of aromatic nitrogens is 1. The molecule has 0 radical (unpaired) electrons. The Labute approximate surface area is 141 Å². The Kier molecular flexibility index (Phi) is 3.77. The molecule has 2 aliphatic heterocycles. The summed E-state index contributed by atoms with van der Waals surface area (Å²) >= 11 is 0. The van der Waals surface area contributed by atoms with E-state index in [1.165, 1.54) is 23.6 Å². The minimum Gasteiger partial charge on any atom is -0.468 e. The maximum atomic E-state index is 12.6. The van der Waals surface area contributed by atoms with Crippen LogP contribution in [0, 0.1) is 0 Å². The average Bonchev–Trinajstić information content (AvgIpc) is 2.90. The van der Waals surface area contributed by atoms with Gasteiger partial charge in [0.2, 0.25) is 0 Å². The van der Waals surface area contributed by atoms with E-state index < -0.39 is 0 Å². The van der Waals surface area contributed by atoms with Gasteiger partial charge < -0.3 is 9.72 Å². The zero-order chi connectivity index (χ0) is 16.7. The molecule has 24 heavy (non-hydrogen) atoms. The largest absolute Gasteiger partial charge is 0.468 e. The fraction of sp³-hybridized carbons (Fsp3) is 0.350. The molecule has 1 N–H and O–H groups in total. The Morgan fingerprint density at radius 2 is 2.21 bits per heavy atom. The van der Waals surface area contributed by atoms with Crippen LogP contribution in [0.2, 0.25) is 0 Å². The molecule has 0 aliphatic carbocycles. The second kappa shape index (κ2) is 5.95. The van der Waals surface area contributed by atoms with Crippen molar-refractivity contribution >= 4 is 16.9 Å². The number of benzene rings is 1. The van der Waals surface area contributed by atoms with Crippen molar-refractivity contribution in [2.75, 3.05) is 20.2 Å². The first-order valence-electron chi connectivity index (χ1n) is 8.47. The first-order chi connectivity index (χ1) is 11.7. The Balaban J connectivity index is 1.88. The van der Waals surface area contributed by atoms with Crippen molar-refractivity contribution in [2.24, 2.45) is 0 Å². The predicted molar refractivity (Wildman–Crippen MR) is 95.0 cm³/mol. The van der Waals surface area contributed by atoms with E-state index in [2.05, 4.69) is 53.2 Å². The van der Waals surface area contributed by atoms with E-state index in [-0.39, 0.29) is 17.9 Å². The second-order valence-electron chi connectivity index (χ2n) is 6.50. The van der Waals surface area contributed by atoms with E-state index in [0.717, 1.165) is 30.7 Å². The molecule has 1 aromatic heterocycles. The van der Waals surface area contributed by atoms with Crippen LogP contribution in [0.5, 0.6) is 0 Å². The first kappa shape index (κ1) is 15.2. The van der Waals surface area contributed by atoms with Gasteiger partial charge in [0, 0.05) is 35.7 Å². The Morgan fingerprint density at radius 3 is 3.00 bits per heavy atom. The summed E-state index contributed by atoms with van der Waals surface area (Å²) in [6.45, 7) is 3.88. The number of nitrogens with zero attached hydrogens (tertiary/aromatic N) is 1. The lowest BCUT2D eigenvalue weighted by Gasteiger charge is -2.35. The third-order valence-electron chi connectivity index (χ3n) is 5.29. The van der Waals surface area contributed by atoms with Crippen LogP contribution < -0.4 is 0 Å². The molecule has 4 nitrogen and oxygen atoms in total. The van der Waals surface area contributed by atoms with Gasteiger partial charge in [0.25, 0.3) is 0 Å². The molecule has 2 aromatic rings. The number of nitrogens with one attached hydrogen (secondary N) is 1. The van der Waals surface area contributed by atoms with Crippen molar-refractivity contribution < 1.29 is 9.53 Å². The minimum atomic E-state index is -0.311. The summed E-state index contributed by atoms with van der Waals surface area (Å²) in [4.78, 5) is 18.5. The van der Waals surface area contributed by atoms with Gasteiger partial charge in [-0.15, -0.1) is 0 Å². The highest BCUT2D eigenvalue weighted by molar-refractivity contribution is 5.89. The quantitative estimate of drug-likeness (QED) is 0.820. The maximum Gasteiger partial charge on any atom is 0.316 e. The molecule has 4 heteroatoms. The van der Waals surface area contributed by atoms with Crippen molar-refractivity contribution in [1.29, 1.82) is 0 Å². The predicted octanol–water partition coefficient (Wildman–Crippen LogP) is 3.17. The van der Waals surface area contributed by atoms with Crippen LogP contribution in [0.3, 0.4) is 0 Å². The van der Waals surface area contributed by atoms with Gasteiger partial charge in [-0.3, -0.25) is 9.69 Å². The molecule has 4 rings (SSSR count). The number of ether oxygens (including phenoxy) is 1. The van der Waals surface area contributed by atoms with Crippen molar-refractivity contribution in [3.8, 4) is 0 Å². The zero-order valence-corrected chi connectivity index (χ0v) is 14.1. The number of carbonyl (C=O) groups excluding carboxylic acids is 1. The fourth-order valence-corrected chi connectivity index (χ4v) is 4.04. The zero-order valence-electron chi connectivity index (χ0n) is 14.1. The number of esters is 1. The van der Waals surface area contributed by atoms with Gasteiger partial charge in [0.1, 0.15) is 5.92 Å². The number of aromatic amines is 1. The number of carbonyl (C=O) groups is 1. The smallest absolute Gasteiger partial charge is 0.316 e. The van der Waals surface area contributed by atoms with Crippen LogP contribution >= 0.6 is 0 Å². The number of para-hydroxylation sites is 1. The van der Waals surface area contributed by atoms with Crippen LogP contribution in [0.25, 0.3) is 10.9 Å². The van der Waals surface area contributed by atoms with Gasteiger partial charge in [-0.05, 0) is 30.5 Å². The van der Waals surface area contributed by atoms with Crippen LogP contribution in [0.4, 0.5) is 0 Å². The summed E-state index contributed by atoms with van der Waals surface area (Å²) in [6.07, 6.45) is 7.37. The Hall–Kier alpha value is -2.33. The lowest BCUT2D eigenvalue weighted by Crippen LogP contribution is -2.43. The summed E-state index contributed by atoms with van der Waals surface area (Å²) in [5, 5.41) is 1.22. The summed E-state index contributed by atoms with van der Waals surface area (Å²) in [7, 11) is 1.48. The van der Waals surface area contributed by atoms with Crippen LogP contribution in [0.15, 0.2) is 48.1 Å². The number of H-pyrrole nitrogens is 1. The topological polar surface area (TPSA) is 45.3 Å². The van der Waals surface area contributed by atoms with Crippen molar-refractivity contribution in [1.82, 2.24) is 9.88 Å². The lowest BCUT2D eigenvalue weighted by molar-refractivity contribution is -0.143.